The molecule has 70 valence electrons. The van der Waals surface area contributed by atoms with Gasteiger partial charge in [-0.25, -0.2) is 4.39 Å². The Labute approximate surface area is 83.0 Å². The van der Waals surface area contributed by atoms with Crippen LogP contribution in [0.25, 0.3) is 0 Å². The summed E-state index contributed by atoms with van der Waals surface area (Å²) in [5.74, 6) is -0.209. The zero-order valence-corrected chi connectivity index (χ0v) is 8.31. The van der Waals surface area contributed by atoms with Gasteiger partial charge < -0.3 is 0 Å². The lowest BCUT2D eigenvalue weighted by atomic mass is 10.1. The fraction of sp³-hybridized carbons (Fsp3) is 0.273. The van der Waals surface area contributed by atoms with Gasteiger partial charge in [0.2, 0.25) is 0 Å². The molecule has 1 aromatic carbocycles. The van der Waals surface area contributed by atoms with Crippen molar-refractivity contribution in [2.45, 2.75) is 19.8 Å². The maximum atomic E-state index is 12.5. The molecule has 1 aromatic rings. The highest BCUT2D eigenvalue weighted by Gasteiger charge is 1.96. The molecule has 0 bridgehead atoms. The molecule has 0 unspecified atom stereocenters. The maximum absolute atomic E-state index is 12.5. The van der Waals surface area contributed by atoms with Crippen molar-refractivity contribution in [3.8, 4) is 0 Å². The average Bonchev–Trinajstić information content (AvgIpc) is 2.09. The topological polar surface area (TPSA) is 0 Å². The van der Waals surface area contributed by atoms with E-state index in [1.54, 1.807) is 12.1 Å². The molecule has 0 amide bonds. The van der Waals surface area contributed by atoms with E-state index in [4.69, 9.17) is 11.6 Å². The van der Waals surface area contributed by atoms with Crippen LogP contribution in [0.4, 0.5) is 4.39 Å². The van der Waals surface area contributed by atoms with E-state index in [1.165, 1.54) is 12.1 Å². The molecule has 0 saturated heterocycles. The van der Waals surface area contributed by atoms with E-state index in [1.807, 2.05) is 13.0 Å². The van der Waals surface area contributed by atoms with Crippen LogP contribution in [0.15, 0.2) is 35.4 Å². The molecule has 0 atom stereocenters. The van der Waals surface area contributed by atoms with Crippen LogP contribution < -0.4 is 0 Å². The first kappa shape index (κ1) is 10.3. The van der Waals surface area contributed by atoms with Crippen molar-refractivity contribution in [3.05, 3.63) is 46.8 Å². The zero-order chi connectivity index (χ0) is 9.68. The van der Waals surface area contributed by atoms with Crippen LogP contribution in [0.2, 0.25) is 0 Å². The molecule has 0 N–H and O–H groups in total. The Bertz CT molecular complexity index is 287. The van der Waals surface area contributed by atoms with Gasteiger partial charge in [-0.2, -0.15) is 0 Å². The van der Waals surface area contributed by atoms with Crippen molar-refractivity contribution in [1.82, 2.24) is 0 Å². The summed E-state index contributed by atoms with van der Waals surface area (Å²) in [4.78, 5) is 0. The van der Waals surface area contributed by atoms with Crippen molar-refractivity contribution >= 4 is 11.6 Å². The highest BCUT2D eigenvalue weighted by atomic mass is 35.5. The van der Waals surface area contributed by atoms with E-state index < -0.39 is 0 Å². The second kappa shape index (κ2) is 5.03. The Balaban J connectivity index is 2.64. The minimum Gasteiger partial charge on any atom is -0.207 e. The molecule has 0 fully saturated rings. The van der Waals surface area contributed by atoms with Gasteiger partial charge in [0.05, 0.1) is 0 Å². The molecule has 0 aliphatic heterocycles. The fourth-order valence-corrected chi connectivity index (χ4v) is 1.40. The van der Waals surface area contributed by atoms with E-state index in [2.05, 4.69) is 0 Å². The number of halogens is 2. The van der Waals surface area contributed by atoms with Crippen molar-refractivity contribution < 1.29 is 4.39 Å². The molecule has 0 radical (unpaired) electrons. The van der Waals surface area contributed by atoms with E-state index >= 15 is 0 Å². The lowest BCUT2D eigenvalue weighted by Gasteiger charge is -1.99. The summed E-state index contributed by atoms with van der Waals surface area (Å²) >= 11 is 5.92. The number of hydrogen-bond acceptors (Lipinski definition) is 0. The van der Waals surface area contributed by atoms with Gasteiger partial charge >= 0.3 is 0 Å². The summed E-state index contributed by atoms with van der Waals surface area (Å²) in [5, 5.41) is 0.814. The Kier molecular flexibility index (Phi) is 3.97. The molecule has 0 saturated carbocycles. The first-order valence-corrected chi connectivity index (χ1v) is 4.69. The third kappa shape index (κ3) is 3.60. The molecule has 0 nitrogen and oxygen atoms in total. The van der Waals surface area contributed by atoms with Crippen molar-refractivity contribution in [3.63, 3.8) is 0 Å². The summed E-state index contributed by atoms with van der Waals surface area (Å²) in [6, 6.07) is 6.40. The van der Waals surface area contributed by atoms with Gasteiger partial charge in [-0.1, -0.05) is 36.7 Å². The molecule has 0 heterocycles. The van der Waals surface area contributed by atoms with Crippen LogP contribution >= 0.6 is 11.6 Å². The zero-order valence-electron chi connectivity index (χ0n) is 7.56. The molecule has 0 aliphatic rings. The second-order valence-electron chi connectivity index (χ2n) is 2.86. The first-order valence-electron chi connectivity index (χ1n) is 4.31. The van der Waals surface area contributed by atoms with Crippen molar-refractivity contribution in [2.24, 2.45) is 0 Å². The quantitative estimate of drug-likeness (QED) is 0.691. The van der Waals surface area contributed by atoms with Crippen LogP contribution in [0.3, 0.4) is 0 Å². The van der Waals surface area contributed by atoms with Crippen LogP contribution in [0, 0.1) is 5.82 Å². The summed E-state index contributed by atoms with van der Waals surface area (Å²) in [5.41, 5.74) is 1.04. The normalized spacial score (nSPS) is 11.8. The SMILES string of the molecule is CC/C=C(\Cl)Cc1ccc(F)cc1. The minimum absolute atomic E-state index is 0.209. The average molecular weight is 199 g/mol. The van der Waals surface area contributed by atoms with E-state index in [0.717, 1.165) is 17.0 Å². The number of benzene rings is 1. The standard InChI is InChI=1S/C11H12ClF/c1-2-3-10(12)8-9-4-6-11(13)7-5-9/h3-7H,2,8H2,1H3/b10-3-. The molecule has 1 rings (SSSR count). The number of rotatable bonds is 3. The van der Waals surface area contributed by atoms with Gasteiger partial charge in [0.25, 0.3) is 0 Å². The number of allylic oxidation sites excluding steroid dienone is 2. The molecule has 13 heavy (non-hydrogen) atoms. The van der Waals surface area contributed by atoms with E-state index in [0.29, 0.717) is 6.42 Å². The predicted octanol–water partition coefficient (Wildman–Crippen LogP) is 3.90. The lowest BCUT2D eigenvalue weighted by molar-refractivity contribution is 0.627. The van der Waals surface area contributed by atoms with Crippen LogP contribution in [0.1, 0.15) is 18.9 Å². The lowest BCUT2D eigenvalue weighted by Crippen LogP contribution is -1.85. The smallest absolute Gasteiger partial charge is 0.123 e. The van der Waals surface area contributed by atoms with Crippen LogP contribution in [-0.2, 0) is 6.42 Å². The van der Waals surface area contributed by atoms with Gasteiger partial charge in [-0.05, 0) is 24.1 Å². The largest absolute Gasteiger partial charge is 0.207 e. The maximum Gasteiger partial charge on any atom is 0.123 e. The Morgan fingerprint density at radius 1 is 1.38 bits per heavy atom. The fourth-order valence-electron chi connectivity index (χ4n) is 1.09. The first-order chi connectivity index (χ1) is 6.22. The third-order valence-corrected chi connectivity index (χ3v) is 2.00. The Morgan fingerprint density at radius 2 is 2.00 bits per heavy atom. The Hall–Kier alpha value is -0.820. The third-order valence-electron chi connectivity index (χ3n) is 1.71. The van der Waals surface area contributed by atoms with Gasteiger partial charge in [-0.3, -0.25) is 0 Å². The second-order valence-corrected chi connectivity index (χ2v) is 3.35. The van der Waals surface area contributed by atoms with Gasteiger partial charge in [0, 0.05) is 11.5 Å². The van der Waals surface area contributed by atoms with Gasteiger partial charge in [0.1, 0.15) is 5.82 Å². The highest BCUT2D eigenvalue weighted by Crippen LogP contribution is 2.12. The minimum atomic E-state index is -0.209. The summed E-state index contributed by atoms with van der Waals surface area (Å²) in [6.45, 7) is 2.03. The van der Waals surface area contributed by atoms with E-state index in [-0.39, 0.29) is 5.82 Å². The van der Waals surface area contributed by atoms with Crippen LogP contribution in [0.5, 0.6) is 0 Å². The molecular weight excluding hydrogens is 187 g/mol. The summed E-state index contributed by atoms with van der Waals surface area (Å²) < 4.78 is 12.5. The van der Waals surface area contributed by atoms with Gasteiger partial charge in [-0.15, -0.1) is 0 Å². The molecule has 2 heteroatoms. The monoisotopic (exact) mass is 198 g/mol. The van der Waals surface area contributed by atoms with Crippen molar-refractivity contribution in [2.75, 3.05) is 0 Å². The van der Waals surface area contributed by atoms with E-state index in [9.17, 15) is 4.39 Å². The number of hydrogen-bond donors (Lipinski definition) is 0. The molecule has 0 aliphatic carbocycles. The summed E-state index contributed by atoms with van der Waals surface area (Å²) in [7, 11) is 0. The Morgan fingerprint density at radius 3 is 2.54 bits per heavy atom. The van der Waals surface area contributed by atoms with Crippen LogP contribution in [-0.4, -0.2) is 0 Å². The molecular formula is C11H12ClF. The van der Waals surface area contributed by atoms with Gasteiger partial charge in [0.15, 0.2) is 0 Å². The van der Waals surface area contributed by atoms with Crippen molar-refractivity contribution in [1.29, 1.82) is 0 Å². The predicted molar refractivity (Wildman–Crippen MR) is 54.3 cm³/mol. The molecule has 0 aromatic heterocycles. The highest BCUT2D eigenvalue weighted by molar-refractivity contribution is 6.29. The summed E-state index contributed by atoms with van der Waals surface area (Å²) in [6.07, 6.45) is 3.58. The molecule has 0 spiro atoms.